The lowest BCUT2D eigenvalue weighted by molar-refractivity contribution is -0.158. The van der Waals surface area contributed by atoms with Crippen LogP contribution in [0.25, 0.3) is 0 Å². The van der Waals surface area contributed by atoms with E-state index in [0.717, 1.165) is 19.5 Å². The van der Waals surface area contributed by atoms with Crippen LogP contribution in [0.2, 0.25) is 0 Å². The van der Waals surface area contributed by atoms with Gasteiger partial charge in [-0.25, -0.2) is 4.79 Å². The molecule has 2 unspecified atom stereocenters. The molecule has 2 heterocycles. The highest BCUT2D eigenvalue weighted by Gasteiger charge is 2.39. The van der Waals surface area contributed by atoms with Gasteiger partial charge in [-0.3, -0.25) is 4.84 Å². The van der Waals surface area contributed by atoms with Gasteiger partial charge in [-0.1, -0.05) is 30.3 Å². The molecule has 2 atom stereocenters. The third-order valence-electron chi connectivity index (χ3n) is 3.86. The zero-order chi connectivity index (χ0) is 13.2. The molecule has 1 amide bonds. The van der Waals surface area contributed by atoms with Gasteiger partial charge in [-0.15, -0.1) is 0 Å². The highest BCUT2D eigenvalue weighted by molar-refractivity contribution is 5.65. The standard InChI is InChI=1S/C14H18N2O3/c17-14(18)15-7-6-13-12(9-15)10-16(19-13)8-11-4-2-1-3-5-11/h1-5,12-13H,6-10H2,(H,17,18). The summed E-state index contributed by atoms with van der Waals surface area (Å²) in [5, 5.41) is 11.0. The molecule has 5 heteroatoms. The second-order valence-electron chi connectivity index (χ2n) is 5.23. The van der Waals surface area contributed by atoms with E-state index in [1.807, 2.05) is 23.3 Å². The first kappa shape index (κ1) is 12.4. The van der Waals surface area contributed by atoms with Crippen molar-refractivity contribution in [2.45, 2.75) is 19.1 Å². The van der Waals surface area contributed by atoms with Crippen molar-refractivity contribution >= 4 is 6.09 Å². The van der Waals surface area contributed by atoms with E-state index >= 15 is 0 Å². The third-order valence-corrected chi connectivity index (χ3v) is 3.86. The monoisotopic (exact) mass is 262 g/mol. The fourth-order valence-corrected chi connectivity index (χ4v) is 2.88. The van der Waals surface area contributed by atoms with Crippen molar-refractivity contribution < 1.29 is 14.7 Å². The number of fused-ring (bicyclic) bond motifs is 1. The number of carboxylic acid groups (broad SMARTS) is 1. The molecule has 2 fully saturated rings. The van der Waals surface area contributed by atoms with Gasteiger partial charge in [0, 0.05) is 32.1 Å². The van der Waals surface area contributed by atoms with Crippen LogP contribution in [-0.4, -0.2) is 46.9 Å². The lowest BCUT2D eigenvalue weighted by atomic mass is 9.96. The molecule has 0 bridgehead atoms. The molecule has 2 saturated heterocycles. The van der Waals surface area contributed by atoms with Crippen molar-refractivity contribution in [3.63, 3.8) is 0 Å². The quantitative estimate of drug-likeness (QED) is 0.883. The highest BCUT2D eigenvalue weighted by atomic mass is 16.7. The summed E-state index contributed by atoms with van der Waals surface area (Å²) < 4.78 is 0. The maximum absolute atomic E-state index is 11.0. The van der Waals surface area contributed by atoms with Gasteiger partial charge in [0.15, 0.2) is 0 Å². The maximum atomic E-state index is 11.0. The normalized spacial score (nSPS) is 27.3. The second kappa shape index (κ2) is 5.19. The largest absolute Gasteiger partial charge is 0.465 e. The van der Waals surface area contributed by atoms with Crippen molar-refractivity contribution in [2.24, 2.45) is 5.92 Å². The first-order valence-corrected chi connectivity index (χ1v) is 6.66. The van der Waals surface area contributed by atoms with Crippen LogP contribution in [0.5, 0.6) is 0 Å². The summed E-state index contributed by atoms with van der Waals surface area (Å²) in [6.07, 6.45) is 0.154. The molecule has 5 nitrogen and oxygen atoms in total. The van der Waals surface area contributed by atoms with E-state index in [2.05, 4.69) is 12.1 Å². The highest BCUT2D eigenvalue weighted by Crippen LogP contribution is 2.29. The SMILES string of the molecule is O=C(O)N1CCC2ON(Cc3ccccc3)CC2C1. The fraction of sp³-hybridized carbons (Fsp3) is 0.500. The Balaban J connectivity index is 1.59. The van der Waals surface area contributed by atoms with Gasteiger partial charge in [0.25, 0.3) is 0 Å². The van der Waals surface area contributed by atoms with E-state index in [4.69, 9.17) is 9.94 Å². The molecular formula is C14H18N2O3. The van der Waals surface area contributed by atoms with E-state index in [1.165, 1.54) is 10.5 Å². The molecule has 1 N–H and O–H groups in total. The summed E-state index contributed by atoms with van der Waals surface area (Å²) in [4.78, 5) is 18.4. The summed E-state index contributed by atoms with van der Waals surface area (Å²) in [5.74, 6) is 0.300. The van der Waals surface area contributed by atoms with Gasteiger partial charge in [-0.05, 0) is 12.0 Å². The summed E-state index contributed by atoms with van der Waals surface area (Å²) in [6.45, 7) is 2.74. The van der Waals surface area contributed by atoms with Crippen LogP contribution in [0, 0.1) is 5.92 Å². The van der Waals surface area contributed by atoms with Gasteiger partial charge in [0.1, 0.15) is 0 Å². The van der Waals surface area contributed by atoms with Crippen LogP contribution in [-0.2, 0) is 11.4 Å². The number of hydrogen-bond donors (Lipinski definition) is 1. The van der Waals surface area contributed by atoms with Crippen LogP contribution < -0.4 is 0 Å². The van der Waals surface area contributed by atoms with Crippen LogP contribution >= 0.6 is 0 Å². The van der Waals surface area contributed by atoms with Gasteiger partial charge >= 0.3 is 6.09 Å². The Morgan fingerprint density at radius 2 is 2.11 bits per heavy atom. The van der Waals surface area contributed by atoms with Crippen LogP contribution in [0.1, 0.15) is 12.0 Å². The second-order valence-corrected chi connectivity index (χ2v) is 5.23. The zero-order valence-corrected chi connectivity index (χ0v) is 10.7. The zero-order valence-electron chi connectivity index (χ0n) is 10.7. The van der Waals surface area contributed by atoms with Crippen molar-refractivity contribution in [1.82, 2.24) is 9.96 Å². The first-order chi connectivity index (χ1) is 9.22. The molecule has 0 aromatic heterocycles. The molecule has 102 valence electrons. The number of rotatable bonds is 2. The number of amides is 1. The Bertz CT molecular complexity index is 451. The minimum Gasteiger partial charge on any atom is -0.465 e. The van der Waals surface area contributed by atoms with Crippen molar-refractivity contribution in [2.75, 3.05) is 19.6 Å². The van der Waals surface area contributed by atoms with E-state index < -0.39 is 6.09 Å². The van der Waals surface area contributed by atoms with E-state index in [-0.39, 0.29) is 6.10 Å². The molecule has 2 aliphatic rings. The maximum Gasteiger partial charge on any atom is 0.407 e. The van der Waals surface area contributed by atoms with Crippen LogP contribution in [0.4, 0.5) is 4.79 Å². The molecule has 0 aliphatic carbocycles. The number of hydrogen-bond acceptors (Lipinski definition) is 3. The molecule has 0 saturated carbocycles. The molecule has 19 heavy (non-hydrogen) atoms. The number of likely N-dealkylation sites (tertiary alicyclic amines) is 1. The van der Waals surface area contributed by atoms with Crippen LogP contribution in [0.3, 0.4) is 0 Å². The smallest absolute Gasteiger partial charge is 0.407 e. The molecule has 1 aromatic rings. The Hall–Kier alpha value is -1.59. The van der Waals surface area contributed by atoms with Crippen LogP contribution in [0.15, 0.2) is 30.3 Å². The van der Waals surface area contributed by atoms with Crippen molar-refractivity contribution in [3.05, 3.63) is 35.9 Å². The number of carbonyl (C=O) groups is 1. The number of piperidine rings is 1. The Morgan fingerprint density at radius 3 is 2.84 bits per heavy atom. The van der Waals surface area contributed by atoms with Crippen molar-refractivity contribution in [3.8, 4) is 0 Å². The Labute approximate surface area is 112 Å². The molecule has 0 radical (unpaired) electrons. The average molecular weight is 262 g/mol. The van der Waals surface area contributed by atoms with E-state index in [1.54, 1.807) is 0 Å². The number of benzene rings is 1. The summed E-state index contributed by atoms with van der Waals surface area (Å²) >= 11 is 0. The fourth-order valence-electron chi connectivity index (χ4n) is 2.88. The number of nitrogens with zero attached hydrogens (tertiary/aromatic N) is 2. The molecule has 0 spiro atoms. The Kier molecular flexibility index (Phi) is 3.40. The molecular weight excluding hydrogens is 244 g/mol. The predicted molar refractivity (Wildman–Crippen MR) is 69.4 cm³/mol. The molecule has 2 aliphatic heterocycles. The van der Waals surface area contributed by atoms with Gasteiger partial charge in [0.05, 0.1) is 6.10 Å². The first-order valence-electron chi connectivity index (χ1n) is 6.66. The number of hydroxylamine groups is 2. The summed E-state index contributed by atoms with van der Waals surface area (Å²) in [6, 6.07) is 10.2. The molecule has 1 aromatic carbocycles. The Morgan fingerprint density at radius 1 is 1.32 bits per heavy atom. The van der Waals surface area contributed by atoms with E-state index in [9.17, 15) is 4.79 Å². The average Bonchev–Trinajstić information content (AvgIpc) is 2.80. The summed E-state index contributed by atoms with van der Waals surface area (Å²) in [7, 11) is 0. The molecule has 3 rings (SSSR count). The predicted octanol–water partition coefficient (Wildman–Crippen LogP) is 1.80. The van der Waals surface area contributed by atoms with Gasteiger partial charge in [0.2, 0.25) is 0 Å². The lowest BCUT2D eigenvalue weighted by Crippen LogP contribution is -2.44. The summed E-state index contributed by atoms with van der Waals surface area (Å²) in [5.41, 5.74) is 1.22. The topological polar surface area (TPSA) is 53.0 Å². The van der Waals surface area contributed by atoms with E-state index in [0.29, 0.717) is 19.0 Å². The minimum absolute atomic E-state index is 0.180. The minimum atomic E-state index is -0.819. The van der Waals surface area contributed by atoms with Gasteiger partial charge in [-0.2, -0.15) is 5.06 Å². The third kappa shape index (κ3) is 2.72. The lowest BCUT2D eigenvalue weighted by Gasteiger charge is -2.30. The van der Waals surface area contributed by atoms with Gasteiger partial charge < -0.3 is 10.0 Å². The van der Waals surface area contributed by atoms with Crippen molar-refractivity contribution in [1.29, 1.82) is 0 Å².